The Morgan fingerprint density at radius 1 is 1.06 bits per heavy atom. The highest BCUT2D eigenvalue weighted by atomic mass is 16.5. The molecule has 2 rings (SSSR count). The van der Waals surface area contributed by atoms with E-state index in [4.69, 9.17) is 14.9 Å². The fourth-order valence-electron chi connectivity index (χ4n) is 1.57. The fourth-order valence-corrected chi connectivity index (χ4v) is 1.57. The number of rotatable bonds is 4. The van der Waals surface area contributed by atoms with Crippen molar-refractivity contribution in [2.45, 2.75) is 27.0 Å². The van der Waals surface area contributed by atoms with Crippen molar-refractivity contribution < 1.29 is 9.15 Å². The number of furan rings is 1. The van der Waals surface area contributed by atoms with Crippen LogP contribution in [0.5, 0.6) is 5.75 Å². The highest BCUT2D eigenvalue weighted by molar-refractivity contribution is 5.33. The smallest absolute Gasteiger partial charge is 0.146 e. The molecule has 0 radical (unpaired) electrons. The molecule has 3 nitrogen and oxygen atoms in total. The van der Waals surface area contributed by atoms with E-state index in [0.717, 1.165) is 17.3 Å². The average molecular weight is 231 g/mol. The second-order valence-electron chi connectivity index (χ2n) is 4.11. The standard InChI is InChI=1S/C14H17NO2/c1-10-3-4-12(7-11(10)2)16-9-14-6-5-13(8-15)17-14/h3-7H,8-9,15H2,1-2H3. The fraction of sp³-hybridized carbons (Fsp3) is 0.286. The van der Waals surface area contributed by atoms with E-state index in [1.54, 1.807) is 0 Å². The van der Waals surface area contributed by atoms with Gasteiger partial charge < -0.3 is 14.9 Å². The van der Waals surface area contributed by atoms with Gasteiger partial charge in [-0.1, -0.05) is 6.07 Å². The highest BCUT2D eigenvalue weighted by Crippen LogP contribution is 2.18. The Bertz CT molecular complexity index is 503. The second kappa shape index (κ2) is 5.06. The molecule has 0 aliphatic carbocycles. The molecule has 2 N–H and O–H groups in total. The van der Waals surface area contributed by atoms with E-state index < -0.39 is 0 Å². The first kappa shape index (κ1) is 11.7. The number of ether oxygens (including phenoxy) is 1. The van der Waals surface area contributed by atoms with E-state index in [9.17, 15) is 0 Å². The zero-order valence-corrected chi connectivity index (χ0v) is 10.2. The van der Waals surface area contributed by atoms with Crippen molar-refractivity contribution in [3.05, 3.63) is 53.0 Å². The molecule has 1 aromatic heterocycles. The third kappa shape index (κ3) is 2.88. The quantitative estimate of drug-likeness (QED) is 0.880. The SMILES string of the molecule is Cc1ccc(OCc2ccc(CN)o2)cc1C. The molecular weight excluding hydrogens is 214 g/mol. The topological polar surface area (TPSA) is 48.4 Å². The van der Waals surface area contributed by atoms with Gasteiger partial charge in [0, 0.05) is 0 Å². The summed E-state index contributed by atoms with van der Waals surface area (Å²) in [6.07, 6.45) is 0. The summed E-state index contributed by atoms with van der Waals surface area (Å²) >= 11 is 0. The number of benzene rings is 1. The molecule has 0 saturated carbocycles. The van der Waals surface area contributed by atoms with Gasteiger partial charge in [-0.05, 0) is 49.2 Å². The van der Waals surface area contributed by atoms with Crippen molar-refractivity contribution >= 4 is 0 Å². The molecule has 1 heterocycles. The number of nitrogens with two attached hydrogens (primary N) is 1. The van der Waals surface area contributed by atoms with Gasteiger partial charge in [-0.3, -0.25) is 0 Å². The molecule has 0 atom stereocenters. The van der Waals surface area contributed by atoms with Crippen molar-refractivity contribution in [2.24, 2.45) is 5.73 Å². The first-order valence-corrected chi connectivity index (χ1v) is 5.67. The molecule has 0 fully saturated rings. The van der Waals surface area contributed by atoms with Crippen LogP contribution in [-0.4, -0.2) is 0 Å². The first-order valence-electron chi connectivity index (χ1n) is 5.67. The predicted molar refractivity (Wildman–Crippen MR) is 66.8 cm³/mol. The van der Waals surface area contributed by atoms with Gasteiger partial charge in [0.2, 0.25) is 0 Å². The van der Waals surface area contributed by atoms with Crippen molar-refractivity contribution in [2.75, 3.05) is 0 Å². The van der Waals surface area contributed by atoms with Gasteiger partial charge in [-0.15, -0.1) is 0 Å². The molecule has 0 saturated heterocycles. The number of aryl methyl sites for hydroxylation is 2. The molecular formula is C14H17NO2. The lowest BCUT2D eigenvalue weighted by molar-refractivity contribution is 0.266. The van der Waals surface area contributed by atoms with Crippen LogP contribution in [0.1, 0.15) is 22.6 Å². The lowest BCUT2D eigenvalue weighted by Crippen LogP contribution is -1.95. The Morgan fingerprint density at radius 2 is 1.82 bits per heavy atom. The molecule has 3 heteroatoms. The minimum atomic E-state index is 0.420. The maximum absolute atomic E-state index is 5.65. The molecule has 0 aliphatic rings. The minimum Gasteiger partial charge on any atom is -0.486 e. The van der Waals surface area contributed by atoms with Crippen LogP contribution in [0.2, 0.25) is 0 Å². The Balaban J connectivity index is 1.99. The van der Waals surface area contributed by atoms with Crippen LogP contribution in [0.15, 0.2) is 34.7 Å². The molecule has 0 unspecified atom stereocenters. The zero-order valence-electron chi connectivity index (χ0n) is 10.2. The maximum atomic E-state index is 5.65. The van der Waals surface area contributed by atoms with E-state index in [2.05, 4.69) is 19.9 Å². The van der Waals surface area contributed by atoms with Crippen LogP contribution < -0.4 is 10.5 Å². The summed E-state index contributed by atoms with van der Waals surface area (Å²) in [5.41, 5.74) is 7.96. The van der Waals surface area contributed by atoms with Crippen LogP contribution in [0.4, 0.5) is 0 Å². The van der Waals surface area contributed by atoms with Crippen LogP contribution in [0.25, 0.3) is 0 Å². The van der Waals surface area contributed by atoms with Crippen molar-refractivity contribution in [1.29, 1.82) is 0 Å². The maximum Gasteiger partial charge on any atom is 0.146 e. The monoisotopic (exact) mass is 231 g/mol. The molecule has 1 aromatic carbocycles. The summed E-state index contributed by atoms with van der Waals surface area (Å²) < 4.78 is 11.1. The normalized spacial score (nSPS) is 10.5. The molecule has 17 heavy (non-hydrogen) atoms. The van der Waals surface area contributed by atoms with Crippen molar-refractivity contribution in [1.82, 2.24) is 0 Å². The van der Waals surface area contributed by atoms with Crippen molar-refractivity contribution in [3.63, 3.8) is 0 Å². The van der Waals surface area contributed by atoms with Gasteiger partial charge in [-0.2, -0.15) is 0 Å². The lowest BCUT2D eigenvalue weighted by atomic mass is 10.1. The third-order valence-electron chi connectivity index (χ3n) is 2.78. The number of hydrogen-bond donors (Lipinski definition) is 1. The van der Waals surface area contributed by atoms with Gasteiger partial charge >= 0.3 is 0 Å². The molecule has 0 spiro atoms. The summed E-state index contributed by atoms with van der Waals surface area (Å²) in [6.45, 7) is 5.01. The number of hydrogen-bond acceptors (Lipinski definition) is 3. The molecule has 0 amide bonds. The molecule has 2 aromatic rings. The summed E-state index contributed by atoms with van der Waals surface area (Å²) in [4.78, 5) is 0. The van der Waals surface area contributed by atoms with Gasteiger partial charge in [0.15, 0.2) is 0 Å². The minimum absolute atomic E-state index is 0.420. The van der Waals surface area contributed by atoms with E-state index in [0.29, 0.717) is 13.2 Å². The summed E-state index contributed by atoms with van der Waals surface area (Å²) in [7, 11) is 0. The third-order valence-corrected chi connectivity index (χ3v) is 2.78. The molecule has 0 bridgehead atoms. The first-order chi connectivity index (χ1) is 8.19. The largest absolute Gasteiger partial charge is 0.486 e. The Kier molecular flexibility index (Phi) is 3.49. The van der Waals surface area contributed by atoms with Crippen LogP contribution in [0, 0.1) is 13.8 Å². The summed E-state index contributed by atoms with van der Waals surface area (Å²) in [5, 5.41) is 0. The zero-order chi connectivity index (χ0) is 12.3. The van der Waals surface area contributed by atoms with Gasteiger partial charge in [0.25, 0.3) is 0 Å². The van der Waals surface area contributed by atoms with E-state index in [-0.39, 0.29) is 0 Å². The van der Waals surface area contributed by atoms with Crippen LogP contribution in [0.3, 0.4) is 0 Å². The van der Waals surface area contributed by atoms with Crippen molar-refractivity contribution in [3.8, 4) is 5.75 Å². The average Bonchev–Trinajstić information content (AvgIpc) is 2.79. The summed E-state index contributed by atoms with van der Waals surface area (Å²) in [5.74, 6) is 2.44. The van der Waals surface area contributed by atoms with E-state index in [1.165, 1.54) is 11.1 Å². The second-order valence-corrected chi connectivity index (χ2v) is 4.11. The van der Waals surface area contributed by atoms with E-state index in [1.807, 2.05) is 24.3 Å². The molecule has 90 valence electrons. The highest BCUT2D eigenvalue weighted by Gasteiger charge is 2.02. The van der Waals surface area contributed by atoms with Crippen LogP contribution in [-0.2, 0) is 13.2 Å². The van der Waals surface area contributed by atoms with E-state index >= 15 is 0 Å². The van der Waals surface area contributed by atoms with Gasteiger partial charge in [0.1, 0.15) is 23.9 Å². The Morgan fingerprint density at radius 3 is 2.47 bits per heavy atom. The van der Waals surface area contributed by atoms with Gasteiger partial charge in [-0.25, -0.2) is 0 Å². The molecule has 0 aliphatic heterocycles. The Labute approximate surface area is 101 Å². The predicted octanol–water partition coefficient (Wildman–Crippen LogP) is 2.93. The van der Waals surface area contributed by atoms with Gasteiger partial charge in [0.05, 0.1) is 6.54 Å². The Hall–Kier alpha value is -1.74. The lowest BCUT2D eigenvalue weighted by Gasteiger charge is -2.06. The van der Waals surface area contributed by atoms with Crippen LogP contribution >= 0.6 is 0 Å². The summed E-state index contributed by atoms with van der Waals surface area (Å²) in [6, 6.07) is 9.82.